The Morgan fingerprint density at radius 2 is 1.97 bits per heavy atom. The van der Waals surface area contributed by atoms with Gasteiger partial charge in [-0.2, -0.15) is 18.3 Å². The maximum atomic E-state index is 12.8. The van der Waals surface area contributed by atoms with E-state index in [1.165, 1.54) is 41.8 Å². The van der Waals surface area contributed by atoms with Gasteiger partial charge in [-0.25, -0.2) is 10.4 Å². The molecule has 0 aliphatic rings. The van der Waals surface area contributed by atoms with Crippen LogP contribution >= 0.6 is 11.3 Å². The summed E-state index contributed by atoms with van der Waals surface area (Å²) < 4.78 is 38.3. The van der Waals surface area contributed by atoms with Gasteiger partial charge in [0.15, 0.2) is 5.13 Å². The molecule has 2 aromatic carbocycles. The summed E-state index contributed by atoms with van der Waals surface area (Å²) in [4.78, 5) is 16.1. The SMILES string of the molecule is O=C(Cc1csc(Nc2cccc(C(F)(F)F)c2)n1)N/N=C\c1ccc(O)cc1. The number of alkyl halides is 3. The number of amides is 1. The van der Waals surface area contributed by atoms with E-state index < -0.39 is 17.6 Å². The van der Waals surface area contributed by atoms with Crippen molar-refractivity contribution in [1.29, 1.82) is 0 Å². The zero-order chi connectivity index (χ0) is 20.9. The fourth-order valence-corrected chi connectivity index (χ4v) is 3.02. The predicted molar refractivity (Wildman–Crippen MR) is 104 cm³/mol. The minimum Gasteiger partial charge on any atom is -0.508 e. The molecule has 150 valence electrons. The second-order valence-electron chi connectivity index (χ2n) is 5.91. The molecular weight excluding hydrogens is 405 g/mol. The minimum absolute atomic E-state index is 0.0340. The molecule has 0 unspecified atom stereocenters. The maximum Gasteiger partial charge on any atom is 0.416 e. The average Bonchev–Trinajstić information content (AvgIpc) is 3.09. The molecule has 29 heavy (non-hydrogen) atoms. The topological polar surface area (TPSA) is 86.6 Å². The van der Waals surface area contributed by atoms with E-state index in [1.54, 1.807) is 17.5 Å². The maximum absolute atomic E-state index is 12.8. The number of phenols is 1. The smallest absolute Gasteiger partial charge is 0.416 e. The number of aromatic hydroxyl groups is 1. The Kier molecular flexibility index (Phi) is 6.13. The lowest BCUT2D eigenvalue weighted by atomic mass is 10.2. The molecule has 3 rings (SSSR count). The van der Waals surface area contributed by atoms with Crippen LogP contribution in [0.15, 0.2) is 59.0 Å². The van der Waals surface area contributed by atoms with Crippen LogP contribution in [0.2, 0.25) is 0 Å². The fourth-order valence-electron chi connectivity index (χ4n) is 2.29. The summed E-state index contributed by atoms with van der Waals surface area (Å²) in [6.45, 7) is 0. The molecule has 6 nitrogen and oxygen atoms in total. The molecule has 0 atom stereocenters. The number of phenolic OH excluding ortho intramolecular Hbond substituents is 1. The van der Waals surface area contributed by atoms with Crippen LogP contribution in [0.3, 0.4) is 0 Å². The van der Waals surface area contributed by atoms with Crippen molar-refractivity contribution in [2.24, 2.45) is 5.10 Å². The van der Waals surface area contributed by atoms with Crippen molar-refractivity contribution < 1.29 is 23.1 Å². The number of benzene rings is 2. The Bertz CT molecular complexity index is 1020. The highest BCUT2D eigenvalue weighted by Gasteiger charge is 2.30. The Labute approximate surface area is 167 Å². The van der Waals surface area contributed by atoms with E-state index in [9.17, 15) is 23.1 Å². The zero-order valence-corrected chi connectivity index (χ0v) is 15.6. The Morgan fingerprint density at radius 3 is 2.69 bits per heavy atom. The van der Waals surface area contributed by atoms with Crippen LogP contribution < -0.4 is 10.7 Å². The molecule has 0 spiro atoms. The van der Waals surface area contributed by atoms with Crippen molar-refractivity contribution in [2.75, 3.05) is 5.32 Å². The van der Waals surface area contributed by atoms with Gasteiger partial charge in [-0.3, -0.25) is 4.79 Å². The third-order valence-corrected chi connectivity index (χ3v) is 4.44. The molecule has 1 aromatic heterocycles. The lowest BCUT2D eigenvalue weighted by Crippen LogP contribution is -2.19. The highest BCUT2D eigenvalue weighted by Crippen LogP contribution is 2.31. The van der Waals surface area contributed by atoms with Gasteiger partial charge in [-0.15, -0.1) is 11.3 Å². The predicted octanol–water partition coefficient (Wildman–Crippen LogP) is 4.30. The summed E-state index contributed by atoms with van der Waals surface area (Å²) in [6.07, 6.45) is -3.03. The first-order valence-corrected chi connectivity index (χ1v) is 9.17. The van der Waals surface area contributed by atoms with Crippen molar-refractivity contribution >= 4 is 34.3 Å². The first kappa shape index (κ1) is 20.3. The number of hydrazone groups is 1. The largest absolute Gasteiger partial charge is 0.508 e. The Morgan fingerprint density at radius 1 is 1.21 bits per heavy atom. The molecule has 3 N–H and O–H groups in total. The summed E-state index contributed by atoms with van der Waals surface area (Å²) in [7, 11) is 0. The number of thiazole rings is 1. The highest BCUT2D eigenvalue weighted by molar-refractivity contribution is 7.13. The molecule has 1 heterocycles. The van der Waals surface area contributed by atoms with Gasteiger partial charge in [-0.05, 0) is 48.0 Å². The average molecular weight is 420 g/mol. The van der Waals surface area contributed by atoms with Crippen LogP contribution in [0.4, 0.5) is 24.0 Å². The molecule has 0 aliphatic carbocycles. The van der Waals surface area contributed by atoms with Gasteiger partial charge in [0.25, 0.3) is 0 Å². The van der Waals surface area contributed by atoms with E-state index in [1.807, 2.05) is 0 Å². The third kappa shape index (κ3) is 6.04. The number of rotatable bonds is 6. The van der Waals surface area contributed by atoms with Crippen LogP contribution in [-0.4, -0.2) is 22.2 Å². The summed E-state index contributed by atoms with van der Waals surface area (Å²) in [5.41, 5.74) is 3.02. The number of hydrogen-bond acceptors (Lipinski definition) is 6. The molecule has 0 saturated heterocycles. The van der Waals surface area contributed by atoms with Gasteiger partial charge in [0.2, 0.25) is 5.91 Å². The number of nitrogens with one attached hydrogen (secondary N) is 2. The fraction of sp³-hybridized carbons (Fsp3) is 0.105. The van der Waals surface area contributed by atoms with Crippen molar-refractivity contribution in [3.8, 4) is 5.75 Å². The van der Waals surface area contributed by atoms with Gasteiger partial charge >= 0.3 is 6.18 Å². The molecule has 0 saturated carbocycles. The Balaban J connectivity index is 1.54. The van der Waals surface area contributed by atoms with Gasteiger partial charge in [0.05, 0.1) is 23.9 Å². The van der Waals surface area contributed by atoms with E-state index in [0.29, 0.717) is 16.4 Å². The number of carbonyl (C=O) groups excluding carboxylic acids is 1. The number of carbonyl (C=O) groups is 1. The summed E-state index contributed by atoms with van der Waals surface area (Å²) in [5, 5.41) is 17.8. The lowest BCUT2D eigenvalue weighted by molar-refractivity contribution is -0.137. The molecule has 0 fully saturated rings. The van der Waals surface area contributed by atoms with E-state index in [2.05, 4.69) is 20.8 Å². The summed E-state index contributed by atoms with van der Waals surface area (Å²) in [6, 6.07) is 11.1. The normalized spacial score (nSPS) is 11.6. The summed E-state index contributed by atoms with van der Waals surface area (Å²) >= 11 is 1.18. The monoisotopic (exact) mass is 420 g/mol. The molecule has 0 aliphatic heterocycles. The molecular formula is C19H15F3N4O2S. The van der Waals surface area contributed by atoms with Crippen LogP contribution in [-0.2, 0) is 17.4 Å². The number of anilines is 2. The van der Waals surface area contributed by atoms with Crippen LogP contribution in [0.5, 0.6) is 5.75 Å². The van der Waals surface area contributed by atoms with E-state index in [0.717, 1.165) is 12.1 Å². The lowest BCUT2D eigenvalue weighted by Gasteiger charge is -2.08. The van der Waals surface area contributed by atoms with E-state index in [-0.39, 0.29) is 17.9 Å². The van der Waals surface area contributed by atoms with E-state index in [4.69, 9.17) is 0 Å². The van der Waals surface area contributed by atoms with Gasteiger partial charge in [0, 0.05) is 11.1 Å². The number of nitrogens with zero attached hydrogens (tertiary/aromatic N) is 2. The third-order valence-electron chi connectivity index (χ3n) is 3.63. The van der Waals surface area contributed by atoms with Crippen molar-refractivity contribution in [1.82, 2.24) is 10.4 Å². The molecule has 1 amide bonds. The first-order chi connectivity index (χ1) is 13.8. The highest BCUT2D eigenvalue weighted by atomic mass is 32.1. The van der Waals surface area contributed by atoms with Crippen molar-refractivity contribution in [3.05, 3.63) is 70.7 Å². The second-order valence-corrected chi connectivity index (χ2v) is 6.77. The molecule has 3 aromatic rings. The standard InChI is InChI=1S/C19H15F3N4O2S/c20-19(21,22)13-2-1-3-14(8-13)24-18-25-15(11-29-18)9-17(28)26-23-10-12-4-6-16(27)7-5-12/h1-8,10-11,27H,9H2,(H,24,25)(H,26,28)/b23-10-. The van der Waals surface area contributed by atoms with Gasteiger partial charge in [-0.1, -0.05) is 6.07 Å². The van der Waals surface area contributed by atoms with Crippen LogP contribution in [0, 0.1) is 0 Å². The molecule has 0 radical (unpaired) electrons. The van der Waals surface area contributed by atoms with Gasteiger partial charge < -0.3 is 10.4 Å². The molecule has 10 heteroatoms. The van der Waals surface area contributed by atoms with E-state index >= 15 is 0 Å². The molecule has 0 bridgehead atoms. The summed E-state index contributed by atoms with van der Waals surface area (Å²) in [5.74, 6) is -0.264. The van der Waals surface area contributed by atoms with Gasteiger partial charge in [0.1, 0.15) is 5.75 Å². The number of hydrogen-bond donors (Lipinski definition) is 3. The van der Waals surface area contributed by atoms with Crippen molar-refractivity contribution in [2.45, 2.75) is 12.6 Å². The van der Waals surface area contributed by atoms with Crippen LogP contribution in [0.25, 0.3) is 0 Å². The van der Waals surface area contributed by atoms with Crippen molar-refractivity contribution in [3.63, 3.8) is 0 Å². The number of halogens is 3. The Hall–Kier alpha value is -3.40. The minimum atomic E-state index is -4.43. The zero-order valence-electron chi connectivity index (χ0n) is 14.8. The number of aromatic nitrogens is 1. The second kappa shape index (κ2) is 8.74. The quantitative estimate of drug-likeness (QED) is 0.410. The first-order valence-electron chi connectivity index (χ1n) is 8.29. The van der Waals surface area contributed by atoms with Crippen LogP contribution in [0.1, 0.15) is 16.8 Å².